The summed E-state index contributed by atoms with van der Waals surface area (Å²) in [4.78, 5) is 22.7. The number of furan rings is 1. The van der Waals surface area contributed by atoms with E-state index in [0.717, 1.165) is 0 Å². The third-order valence-electron chi connectivity index (χ3n) is 2.56. The third kappa shape index (κ3) is 2.77. The first kappa shape index (κ1) is 13.2. The van der Waals surface area contributed by atoms with E-state index in [2.05, 4.69) is 5.32 Å². The Labute approximate surface area is 113 Å². The first-order chi connectivity index (χ1) is 8.99. The largest absolute Gasteiger partial charge is 0.478 e. The van der Waals surface area contributed by atoms with Crippen LogP contribution >= 0.6 is 11.6 Å². The van der Waals surface area contributed by atoms with Crippen LogP contribution in [0.2, 0.25) is 5.02 Å². The highest BCUT2D eigenvalue weighted by Crippen LogP contribution is 2.22. The van der Waals surface area contributed by atoms with E-state index in [-0.39, 0.29) is 16.5 Å². The molecule has 19 heavy (non-hydrogen) atoms. The van der Waals surface area contributed by atoms with E-state index in [9.17, 15) is 9.59 Å². The molecule has 0 aliphatic heterocycles. The van der Waals surface area contributed by atoms with Crippen LogP contribution in [0.5, 0.6) is 0 Å². The fourth-order valence-corrected chi connectivity index (χ4v) is 1.85. The van der Waals surface area contributed by atoms with Crippen molar-refractivity contribution in [1.82, 2.24) is 0 Å². The van der Waals surface area contributed by atoms with Crippen LogP contribution < -0.4 is 5.32 Å². The van der Waals surface area contributed by atoms with Gasteiger partial charge in [-0.1, -0.05) is 11.6 Å². The van der Waals surface area contributed by atoms with Gasteiger partial charge in [0.2, 0.25) is 0 Å². The smallest absolute Gasteiger partial charge is 0.337 e. The molecule has 0 atom stereocenters. The van der Waals surface area contributed by atoms with Crippen LogP contribution in [0.4, 0.5) is 5.69 Å². The number of anilines is 1. The topological polar surface area (TPSA) is 79.5 Å². The van der Waals surface area contributed by atoms with Crippen molar-refractivity contribution in [3.8, 4) is 0 Å². The lowest BCUT2D eigenvalue weighted by Gasteiger charge is -2.06. The quantitative estimate of drug-likeness (QED) is 0.904. The average molecular weight is 280 g/mol. The van der Waals surface area contributed by atoms with Crippen LogP contribution in [-0.2, 0) is 0 Å². The second-order valence-corrected chi connectivity index (χ2v) is 4.25. The Hall–Kier alpha value is -2.27. The number of hydrogen-bond donors (Lipinski definition) is 2. The zero-order valence-electron chi connectivity index (χ0n) is 9.94. The molecular formula is C13H10ClNO4. The van der Waals surface area contributed by atoms with Gasteiger partial charge in [0.25, 0.3) is 5.91 Å². The summed E-state index contributed by atoms with van der Waals surface area (Å²) in [5.74, 6) is -0.954. The molecule has 1 amide bonds. The van der Waals surface area contributed by atoms with Crippen molar-refractivity contribution < 1.29 is 19.1 Å². The Morgan fingerprint density at radius 2 is 2.00 bits per heavy atom. The number of carbonyl (C=O) groups excluding carboxylic acids is 1. The standard InChI is InChI=1S/C13H10ClNO4/c1-7-9(4-5-19-7)12(16)15-8-2-3-10(13(17)18)11(14)6-8/h2-6H,1H3,(H,15,16)(H,17,18). The molecule has 0 fully saturated rings. The van der Waals surface area contributed by atoms with Gasteiger partial charge in [0, 0.05) is 5.69 Å². The molecule has 98 valence electrons. The molecule has 1 heterocycles. The van der Waals surface area contributed by atoms with Gasteiger partial charge in [-0.2, -0.15) is 0 Å². The molecule has 0 aliphatic rings. The van der Waals surface area contributed by atoms with E-state index in [0.29, 0.717) is 17.0 Å². The third-order valence-corrected chi connectivity index (χ3v) is 2.87. The maximum Gasteiger partial charge on any atom is 0.337 e. The number of hydrogen-bond acceptors (Lipinski definition) is 3. The molecule has 0 spiro atoms. The Kier molecular flexibility index (Phi) is 3.57. The Balaban J connectivity index is 2.21. The van der Waals surface area contributed by atoms with Crippen molar-refractivity contribution >= 4 is 29.2 Å². The van der Waals surface area contributed by atoms with E-state index in [1.165, 1.54) is 24.5 Å². The number of aromatic carboxylic acids is 1. The molecule has 2 rings (SSSR count). The van der Waals surface area contributed by atoms with Gasteiger partial charge in [-0.25, -0.2) is 4.79 Å². The fourth-order valence-electron chi connectivity index (χ4n) is 1.59. The minimum atomic E-state index is -1.12. The van der Waals surface area contributed by atoms with Crippen LogP contribution in [0.15, 0.2) is 34.9 Å². The molecule has 2 N–H and O–H groups in total. The maximum absolute atomic E-state index is 11.9. The molecule has 1 aromatic carbocycles. The van der Waals surface area contributed by atoms with Crippen LogP contribution in [0, 0.1) is 6.92 Å². The van der Waals surface area contributed by atoms with E-state index >= 15 is 0 Å². The normalized spacial score (nSPS) is 10.2. The summed E-state index contributed by atoms with van der Waals surface area (Å²) >= 11 is 5.81. The number of carboxylic acid groups (broad SMARTS) is 1. The van der Waals surface area contributed by atoms with Crippen molar-refractivity contribution in [2.75, 3.05) is 5.32 Å². The highest BCUT2D eigenvalue weighted by Gasteiger charge is 2.13. The van der Waals surface area contributed by atoms with Gasteiger partial charge in [0.15, 0.2) is 0 Å². The Morgan fingerprint density at radius 1 is 1.26 bits per heavy atom. The zero-order chi connectivity index (χ0) is 14.0. The fraction of sp³-hybridized carbons (Fsp3) is 0.0769. The van der Waals surface area contributed by atoms with Gasteiger partial charge in [-0.3, -0.25) is 4.79 Å². The van der Waals surface area contributed by atoms with Crippen LogP contribution in [0.3, 0.4) is 0 Å². The molecule has 1 aromatic heterocycles. The van der Waals surface area contributed by atoms with Gasteiger partial charge in [-0.15, -0.1) is 0 Å². The predicted octanol–water partition coefficient (Wildman–Crippen LogP) is 3.19. The zero-order valence-corrected chi connectivity index (χ0v) is 10.7. The van der Waals surface area contributed by atoms with Gasteiger partial charge in [0.1, 0.15) is 5.76 Å². The average Bonchev–Trinajstić information content (AvgIpc) is 2.75. The van der Waals surface area contributed by atoms with Crippen molar-refractivity contribution in [2.24, 2.45) is 0 Å². The molecule has 2 aromatic rings. The maximum atomic E-state index is 11.9. The Bertz CT molecular complexity index is 648. The van der Waals surface area contributed by atoms with Crippen molar-refractivity contribution in [2.45, 2.75) is 6.92 Å². The summed E-state index contributed by atoms with van der Waals surface area (Å²) in [6, 6.07) is 5.75. The number of halogens is 1. The number of amides is 1. The van der Waals surface area contributed by atoms with E-state index in [4.69, 9.17) is 21.1 Å². The predicted molar refractivity (Wildman–Crippen MR) is 69.8 cm³/mol. The van der Waals surface area contributed by atoms with Gasteiger partial charge in [-0.05, 0) is 31.2 Å². The highest BCUT2D eigenvalue weighted by molar-refractivity contribution is 6.33. The van der Waals surface area contributed by atoms with Crippen molar-refractivity contribution in [3.05, 3.63) is 52.4 Å². The Morgan fingerprint density at radius 3 is 2.53 bits per heavy atom. The number of aryl methyl sites for hydroxylation is 1. The van der Waals surface area contributed by atoms with E-state index in [1.807, 2.05) is 0 Å². The molecule has 0 unspecified atom stereocenters. The highest BCUT2D eigenvalue weighted by atomic mass is 35.5. The SMILES string of the molecule is Cc1occc1C(=O)Nc1ccc(C(=O)O)c(Cl)c1. The number of carbonyl (C=O) groups is 2. The van der Waals surface area contributed by atoms with Crippen LogP contribution in [0.25, 0.3) is 0 Å². The lowest BCUT2D eigenvalue weighted by molar-refractivity contribution is 0.0697. The van der Waals surface area contributed by atoms with Gasteiger partial charge < -0.3 is 14.8 Å². The molecule has 0 saturated heterocycles. The summed E-state index contributed by atoms with van der Waals surface area (Å²) in [6.45, 7) is 1.68. The van der Waals surface area contributed by atoms with E-state index < -0.39 is 5.97 Å². The summed E-state index contributed by atoms with van der Waals surface area (Å²) in [6.07, 6.45) is 1.42. The van der Waals surface area contributed by atoms with Crippen molar-refractivity contribution in [3.63, 3.8) is 0 Å². The first-order valence-electron chi connectivity index (χ1n) is 5.37. The molecule has 5 nitrogen and oxygen atoms in total. The molecule has 6 heteroatoms. The second kappa shape index (κ2) is 5.16. The number of rotatable bonds is 3. The second-order valence-electron chi connectivity index (χ2n) is 3.84. The summed E-state index contributed by atoms with van der Waals surface area (Å²) < 4.78 is 5.03. The minimum Gasteiger partial charge on any atom is -0.478 e. The van der Waals surface area contributed by atoms with Gasteiger partial charge >= 0.3 is 5.97 Å². The van der Waals surface area contributed by atoms with Crippen LogP contribution in [-0.4, -0.2) is 17.0 Å². The number of benzene rings is 1. The molecule has 0 saturated carbocycles. The molecular weight excluding hydrogens is 270 g/mol. The summed E-state index contributed by atoms with van der Waals surface area (Å²) in [7, 11) is 0. The summed E-state index contributed by atoms with van der Waals surface area (Å²) in [5, 5.41) is 11.5. The number of carboxylic acids is 1. The number of nitrogens with one attached hydrogen (secondary N) is 1. The van der Waals surface area contributed by atoms with Crippen molar-refractivity contribution in [1.29, 1.82) is 0 Å². The lowest BCUT2D eigenvalue weighted by atomic mass is 10.2. The lowest BCUT2D eigenvalue weighted by Crippen LogP contribution is -2.12. The first-order valence-corrected chi connectivity index (χ1v) is 5.75. The molecule has 0 aliphatic carbocycles. The minimum absolute atomic E-state index is 0.0147. The van der Waals surface area contributed by atoms with Crippen LogP contribution in [0.1, 0.15) is 26.5 Å². The molecule has 0 bridgehead atoms. The van der Waals surface area contributed by atoms with Gasteiger partial charge in [0.05, 0.1) is 22.4 Å². The van der Waals surface area contributed by atoms with E-state index in [1.54, 1.807) is 13.0 Å². The monoisotopic (exact) mass is 279 g/mol. The summed E-state index contributed by atoms with van der Waals surface area (Å²) in [5.41, 5.74) is 0.818. The molecule has 0 radical (unpaired) electrons.